The lowest BCUT2D eigenvalue weighted by Gasteiger charge is -2.20. The molecule has 28 heavy (non-hydrogen) atoms. The van der Waals surface area contributed by atoms with Crippen LogP contribution in [0, 0.1) is 0 Å². The standard InChI is InChI=1S/C23H23ClN2OS/c1-2-15-7-10-17(11-8-15)25-22(27)14-28-23-18-5-3-4-6-20(18)26-21-12-9-16(24)13-19(21)23/h7-13H,2-6,14H2,1H3,(H,25,27). The number of hydrogen-bond donors (Lipinski definition) is 1. The number of halogens is 1. The molecule has 4 rings (SSSR count). The number of pyridine rings is 1. The molecule has 1 N–H and O–H groups in total. The van der Waals surface area contributed by atoms with E-state index in [4.69, 9.17) is 16.6 Å². The van der Waals surface area contributed by atoms with Gasteiger partial charge >= 0.3 is 0 Å². The van der Waals surface area contributed by atoms with Gasteiger partial charge in [0.15, 0.2) is 0 Å². The average Bonchev–Trinajstić information content (AvgIpc) is 2.72. The maximum absolute atomic E-state index is 12.5. The second-order valence-corrected chi connectivity index (χ2v) is 8.54. The van der Waals surface area contributed by atoms with Crippen molar-refractivity contribution >= 4 is 45.9 Å². The van der Waals surface area contributed by atoms with Crippen LogP contribution in [0.2, 0.25) is 5.02 Å². The minimum atomic E-state index is 0.00537. The van der Waals surface area contributed by atoms with Crippen molar-refractivity contribution in [2.45, 2.75) is 43.9 Å². The Bertz CT molecular complexity index is 1020. The van der Waals surface area contributed by atoms with Gasteiger partial charge in [0.25, 0.3) is 0 Å². The van der Waals surface area contributed by atoms with E-state index in [0.717, 1.165) is 35.9 Å². The highest BCUT2D eigenvalue weighted by molar-refractivity contribution is 8.00. The summed E-state index contributed by atoms with van der Waals surface area (Å²) in [7, 11) is 0. The monoisotopic (exact) mass is 410 g/mol. The fraction of sp³-hybridized carbons (Fsp3) is 0.304. The number of nitrogens with one attached hydrogen (secondary N) is 1. The third kappa shape index (κ3) is 4.18. The number of amides is 1. The Kier molecular flexibility index (Phi) is 5.88. The van der Waals surface area contributed by atoms with Gasteiger partial charge in [-0.1, -0.05) is 30.7 Å². The van der Waals surface area contributed by atoms with Gasteiger partial charge < -0.3 is 5.32 Å². The van der Waals surface area contributed by atoms with Gasteiger partial charge in [-0.15, -0.1) is 11.8 Å². The molecule has 0 atom stereocenters. The molecule has 3 nitrogen and oxygen atoms in total. The predicted octanol–water partition coefficient (Wildman–Crippen LogP) is 6.06. The number of hydrogen-bond acceptors (Lipinski definition) is 3. The molecule has 0 saturated heterocycles. The highest BCUT2D eigenvalue weighted by Crippen LogP contribution is 2.37. The first kappa shape index (κ1) is 19.3. The topological polar surface area (TPSA) is 42.0 Å². The molecule has 3 aromatic rings. The van der Waals surface area contributed by atoms with Crippen molar-refractivity contribution in [2.75, 3.05) is 11.1 Å². The van der Waals surface area contributed by atoms with Crippen molar-refractivity contribution in [2.24, 2.45) is 0 Å². The van der Waals surface area contributed by atoms with Crippen LogP contribution in [0.1, 0.15) is 36.6 Å². The summed E-state index contributed by atoms with van der Waals surface area (Å²) in [4.78, 5) is 18.6. The van der Waals surface area contributed by atoms with E-state index in [1.54, 1.807) is 11.8 Å². The van der Waals surface area contributed by atoms with Gasteiger partial charge in [-0.05, 0) is 73.6 Å². The van der Waals surface area contributed by atoms with E-state index < -0.39 is 0 Å². The Morgan fingerprint density at radius 3 is 2.71 bits per heavy atom. The van der Waals surface area contributed by atoms with E-state index in [1.807, 2.05) is 30.3 Å². The fourth-order valence-corrected chi connectivity index (χ4v) is 4.91. The smallest absolute Gasteiger partial charge is 0.234 e. The van der Waals surface area contributed by atoms with Gasteiger partial charge in [-0.3, -0.25) is 9.78 Å². The van der Waals surface area contributed by atoms with Crippen molar-refractivity contribution in [1.29, 1.82) is 0 Å². The lowest BCUT2D eigenvalue weighted by atomic mass is 9.94. The second-order valence-electron chi connectivity index (χ2n) is 7.12. The van der Waals surface area contributed by atoms with E-state index in [2.05, 4.69) is 24.4 Å². The minimum absolute atomic E-state index is 0.00537. The van der Waals surface area contributed by atoms with E-state index >= 15 is 0 Å². The SMILES string of the molecule is CCc1ccc(NC(=O)CSc2c3c(nc4ccc(Cl)cc24)CCCC3)cc1. The molecule has 0 radical (unpaired) electrons. The number of fused-ring (bicyclic) bond motifs is 2. The number of aryl methyl sites for hydroxylation is 2. The van der Waals surface area contributed by atoms with Gasteiger partial charge in [0.05, 0.1) is 11.3 Å². The predicted molar refractivity (Wildman–Crippen MR) is 119 cm³/mol. The largest absolute Gasteiger partial charge is 0.325 e. The second kappa shape index (κ2) is 8.54. The number of nitrogens with zero attached hydrogens (tertiary/aromatic N) is 1. The molecule has 1 heterocycles. The Labute approximate surface area is 174 Å². The molecule has 0 aliphatic heterocycles. The van der Waals surface area contributed by atoms with Gasteiger partial charge in [-0.25, -0.2) is 0 Å². The van der Waals surface area contributed by atoms with Gasteiger partial charge in [0.2, 0.25) is 5.91 Å². The van der Waals surface area contributed by atoms with Gasteiger partial charge in [0, 0.05) is 26.7 Å². The highest BCUT2D eigenvalue weighted by Gasteiger charge is 2.19. The highest BCUT2D eigenvalue weighted by atomic mass is 35.5. The van der Waals surface area contributed by atoms with Crippen LogP contribution in [0.3, 0.4) is 0 Å². The Morgan fingerprint density at radius 1 is 1.14 bits per heavy atom. The summed E-state index contributed by atoms with van der Waals surface area (Å²) in [6.07, 6.45) is 5.37. The molecule has 1 aliphatic carbocycles. The molecule has 0 fully saturated rings. The lowest BCUT2D eigenvalue weighted by Crippen LogP contribution is -2.15. The molecule has 0 saturated carbocycles. The third-order valence-electron chi connectivity index (χ3n) is 5.16. The van der Waals surface area contributed by atoms with E-state index in [-0.39, 0.29) is 5.91 Å². The van der Waals surface area contributed by atoms with Crippen LogP contribution in [0.4, 0.5) is 5.69 Å². The van der Waals surface area contributed by atoms with Gasteiger partial charge in [-0.2, -0.15) is 0 Å². The van der Waals surface area contributed by atoms with Crippen molar-refractivity contribution in [3.63, 3.8) is 0 Å². The zero-order chi connectivity index (χ0) is 19.5. The van der Waals surface area contributed by atoms with Crippen LogP contribution < -0.4 is 5.32 Å². The summed E-state index contributed by atoms with van der Waals surface area (Å²) in [5.41, 5.74) is 5.54. The number of anilines is 1. The van der Waals surface area contributed by atoms with Crippen LogP contribution in [-0.2, 0) is 24.1 Å². The van der Waals surface area contributed by atoms with E-state index in [0.29, 0.717) is 10.8 Å². The summed E-state index contributed by atoms with van der Waals surface area (Å²) >= 11 is 7.85. The van der Waals surface area contributed by atoms with Crippen molar-refractivity contribution in [3.8, 4) is 0 Å². The van der Waals surface area contributed by atoms with Crippen LogP contribution in [0.5, 0.6) is 0 Å². The molecule has 0 unspecified atom stereocenters. The number of thioether (sulfide) groups is 1. The maximum atomic E-state index is 12.5. The molecule has 5 heteroatoms. The van der Waals surface area contributed by atoms with Gasteiger partial charge in [0.1, 0.15) is 0 Å². The zero-order valence-electron chi connectivity index (χ0n) is 15.9. The third-order valence-corrected chi connectivity index (χ3v) is 6.56. The normalized spacial score (nSPS) is 13.4. The Balaban J connectivity index is 1.56. The van der Waals surface area contributed by atoms with E-state index in [9.17, 15) is 4.79 Å². The van der Waals surface area contributed by atoms with Crippen LogP contribution >= 0.6 is 23.4 Å². The molecule has 1 amide bonds. The van der Waals surface area contributed by atoms with Crippen molar-refractivity contribution in [1.82, 2.24) is 4.98 Å². The summed E-state index contributed by atoms with van der Waals surface area (Å²) < 4.78 is 0. The molecule has 0 bridgehead atoms. The number of benzene rings is 2. The molecule has 1 aliphatic rings. The van der Waals surface area contributed by atoms with E-state index in [1.165, 1.54) is 34.6 Å². The Hall–Kier alpha value is -2.04. The molecule has 2 aromatic carbocycles. The van der Waals surface area contributed by atoms with Crippen molar-refractivity contribution < 1.29 is 4.79 Å². The Morgan fingerprint density at radius 2 is 1.93 bits per heavy atom. The maximum Gasteiger partial charge on any atom is 0.234 e. The first-order valence-electron chi connectivity index (χ1n) is 9.76. The number of carbonyl (C=O) groups excluding carboxylic acids is 1. The number of carbonyl (C=O) groups is 1. The molecule has 0 spiro atoms. The average molecular weight is 411 g/mol. The lowest BCUT2D eigenvalue weighted by molar-refractivity contribution is -0.113. The van der Waals surface area contributed by atoms with Crippen LogP contribution in [-0.4, -0.2) is 16.6 Å². The summed E-state index contributed by atoms with van der Waals surface area (Å²) in [5.74, 6) is 0.374. The molecule has 144 valence electrons. The van der Waals surface area contributed by atoms with Crippen molar-refractivity contribution in [3.05, 3.63) is 64.3 Å². The summed E-state index contributed by atoms with van der Waals surface area (Å²) in [5, 5.41) is 4.76. The fourth-order valence-electron chi connectivity index (χ4n) is 3.68. The van der Waals surface area contributed by atoms with Crippen LogP contribution in [0.15, 0.2) is 47.4 Å². The molecular formula is C23H23ClN2OS. The minimum Gasteiger partial charge on any atom is -0.325 e. The molecule has 1 aromatic heterocycles. The quantitative estimate of drug-likeness (QED) is 0.520. The summed E-state index contributed by atoms with van der Waals surface area (Å²) in [6.45, 7) is 2.12. The first-order chi connectivity index (χ1) is 13.6. The summed E-state index contributed by atoms with van der Waals surface area (Å²) in [6, 6.07) is 13.9. The number of rotatable bonds is 5. The van der Waals surface area contributed by atoms with Crippen LogP contribution in [0.25, 0.3) is 10.9 Å². The first-order valence-corrected chi connectivity index (χ1v) is 11.1. The molecular weight excluding hydrogens is 388 g/mol. The zero-order valence-corrected chi connectivity index (χ0v) is 17.5. The number of aromatic nitrogens is 1.